The van der Waals surface area contributed by atoms with Gasteiger partial charge in [0.2, 0.25) is 0 Å². The summed E-state index contributed by atoms with van der Waals surface area (Å²) in [7, 11) is 1.43. The van der Waals surface area contributed by atoms with Crippen LogP contribution in [-0.4, -0.2) is 30.5 Å². The number of hydrogen-bond acceptors (Lipinski definition) is 6. The molecule has 2 aromatic rings. The zero-order valence-electron chi connectivity index (χ0n) is 17.6. The molecule has 6 N–H and O–H groups in total. The molecule has 1 aromatic heterocycles. The van der Waals surface area contributed by atoms with E-state index in [0.29, 0.717) is 28.0 Å². The first-order valence-corrected chi connectivity index (χ1v) is 9.37. The van der Waals surface area contributed by atoms with E-state index in [1.165, 1.54) is 45.5 Å². The van der Waals surface area contributed by atoms with Gasteiger partial charge in [0, 0.05) is 46.4 Å². The monoisotopic (exact) mass is 433 g/mol. The summed E-state index contributed by atoms with van der Waals surface area (Å²) in [6.07, 6.45) is 1.43. The quantitative estimate of drug-likeness (QED) is 0.327. The zero-order valence-corrected chi connectivity index (χ0v) is 17.6. The van der Waals surface area contributed by atoms with Gasteiger partial charge in [-0.2, -0.15) is 0 Å². The van der Waals surface area contributed by atoms with Crippen LogP contribution < -0.4 is 17.2 Å². The molecule has 0 spiro atoms. The van der Waals surface area contributed by atoms with Crippen molar-refractivity contribution in [3.63, 3.8) is 0 Å². The Morgan fingerprint density at radius 3 is 2.52 bits per heavy atom. The predicted molar refractivity (Wildman–Crippen MR) is 119 cm³/mol. The largest absolute Gasteiger partial charge is 0.483 e. The molecule has 0 aliphatic rings. The molecule has 166 valence electrons. The minimum Gasteiger partial charge on any atom is -0.483 e. The molecule has 0 radical (unpaired) electrons. The molecule has 1 heterocycles. The number of nitrogens with zero attached hydrogens (tertiary/aromatic N) is 2. The summed E-state index contributed by atoms with van der Waals surface area (Å²) < 4.78 is 45.3. The minimum atomic E-state index is -2.76. The van der Waals surface area contributed by atoms with Gasteiger partial charge in [0.25, 0.3) is 6.43 Å². The highest BCUT2D eigenvalue weighted by atomic mass is 19.3. The van der Waals surface area contributed by atoms with E-state index in [1.54, 1.807) is 24.3 Å². The first-order valence-electron chi connectivity index (χ1n) is 9.37. The molecule has 1 aromatic carbocycles. The van der Waals surface area contributed by atoms with Crippen molar-refractivity contribution in [3.8, 4) is 11.3 Å². The number of alkyl halides is 3. The van der Waals surface area contributed by atoms with Crippen LogP contribution in [0.15, 0.2) is 47.4 Å². The van der Waals surface area contributed by atoms with Gasteiger partial charge in [0.15, 0.2) is 5.88 Å². The van der Waals surface area contributed by atoms with Crippen LogP contribution in [0.25, 0.3) is 22.9 Å². The molecule has 31 heavy (non-hydrogen) atoms. The van der Waals surface area contributed by atoms with Gasteiger partial charge in [0.1, 0.15) is 11.4 Å². The second-order valence-corrected chi connectivity index (χ2v) is 7.34. The second-order valence-electron chi connectivity index (χ2n) is 7.34. The summed E-state index contributed by atoms with van der Waals surface area (Å²) in [5.74, 6) is 0.165. The molecular weight excluding hydrogens is 407 g/mol. The number of nitrogen functional groups attached to an aromatic ring is 1. The van der Waals surface area contributed by atoms with E-state index in [1.807, 2.05) is 0 Å². The van der Waals surface area contributed by atoms with Crippen LogP contribution >= 0.6 is 0 Å². The fraction of sp³-hybridized carbons (Fsp3) is 0.273. The van der Waals surface area contributed by atoms with Gasteiger partial charge >= 0.3 is 0 Å². The van der Waals surface area contributed by atoms with Gasteiger partial charge in [-0.1, -0.05) is 18.2 Å². The number of benzene rings is 1. The summed E-state index contributed by atoms with van der Waals surface area (Å²) in [6, 6.07) is 7.61. The molecule has 0 bridgehead atoms. The lowest BCUT2D eigenvalue weighted by molar-refractivity contribution is 0.146. The highest BCUT2D eigenvalue weighted by Crippen LogP contribution is 2.31. The summed E-state index contributed by atoms with van der Waals surface area (Å²) in [5, 5.41) is 0. The molecule has 6 nitrogen and oxygen atoms in total. The number of rotatable bonds is 8. The lowest BCUT2D eigenvalue weighted by Crippen LogP contribution is -2.16. The molecule has 0 saturated heterocycles. The molecule has 0 amide bonds. The number of anilines is 1. The van der Waals surface area contributed by atoms with Gasteiger partial charge in [0.05, 0.1) is 19.3 Å². The van der Waals surface area contributed by atoms with Crippen molar-refractivity contribution in [2.45, 2.75) is 25.9 Å². The third-order valence-electron chi connectivity index (χ3n) is 4.22. The van der Waals surface area contributed by atoms with E-state index in [-0.39, 0.29) is 18.1 Å². The highest BCUT2D eigenvalue weighted by Gasteiger charge is 2.18. The number of pyridine rings is 1. The molecule has 0 aliphatic heterocycles. The van der Waals surface area contributed by atoms with Crippen molar-refractivity contribution < 1.29 is 17.9 Å². The molecule has 2 rings (SSSR count). The first-order chi connectivity index (χ1) is 14.6. The number of hydrogen-bond donors (Lipinski definition) is 3. The Morgan fingerprint density at radius 2 is 1.97 bits per heavy atom. The predicted octanol–water partition coefficient (Wildman–Crippen LogP) is 4.29. The fourth-order valence-electron chi connectivity index (χ4n) is 2.68. The van der Waals surface area contributed by atoms with E-state index in [4.69, 9.17) is 21.9 Å². The van der Waals surface area contributed by atoms with Gasteiger partial charge in [-0.15, -0.1) is 0 Å². The second kappa shape index (κ2) is 10.0. The van der Waals surface area contributed by atoms with Crippen molar-refractivity contribution in [2.75, 3.05) is 19.4 Å². The van der Waals surface area contributed by atoms with Gasteiger partial charge in [-0.25, -0.2) is 18.2 Å². The molecule has 0 atom stereocenters. The van der Waals surface area contributed by atoms with Crippen molar-refractivity contribution in [1.29, 1.82) is 0 Å². The molecular formula is C22H26F3N5O. The van der Waals surface area contributed by atoms with E-state index in [0.717, 1.165) is 0 Å². The molecule has 0 fully saturated rings. The van der Waals surface area contributed by atoms with Crippen LogP contribution in [0.4, 0.5) is 18.9 Å². The highest BCUT2D eigenvalue weighted by molar-refractivity contribution is 6.11. The Labute approximate surface area is 179 Å². The maximum absolute atomic E-state index is 13.7. The van der Waals surface area contributed by atoms with Crippen molar-refractivity contribution in [3.05, 3.63) is 59.2 Å². The molecule has 0 saturated carbocycles. The van der Waals surface area contributed by atoms with Gasteiger partial charge < -0.3 is 21.9 Å². The van der Waals surface area contributed by atoms with Crippen molar-refractivity contribution in [1.82, 2.24) is 4.98 Å². The Hall–Kier alpha value is -3.49. The van der Waals surface area contributed by atoms with Crippen molar-refractivity contribution >= 4 is 23.6 Å². The number of methoxy groups -OCH3 is 1. The summed E-state index contributed by atoms with van der Waals surface area (Å²) in [6.45, 7) is 2.71. The summed E-state index contributed by atoms with van der Waals surface area (Å²) >= 11 is 0. The third-order valence-corrected chi connectivity index (χ3v) is 4.22. The van der Waals surface area contributed by atoms with Crippen LogP contribution in [-0.2, 0) is 4.74 Å². The standard InChI is InChI=1S/C22H26F3N5O/c1-22(2,25)12-29-11-15(10-26)16-6-7-18(21(23)24)30-20(16)14-5-4-13(17(27)8-14)9-19(28)31-3/h4-11,21H,12,26-28H2,1-3H3/b15-10+,19-9+,29-11?. The molecule has 0 aliphatic carbocycles. The average molecular weight is 433 g/mol. The maximum Gasteiger partial charge on any atom is 0.280 e. The van der Waals surface area contributed by atoms with Crippen molar-refractivity contribution in [2.24, 2.45) is 16.5 Å². The number of allylic oxidation sites excluding steroid dienone is 1. The molecule has 0 unspecified atom stereocenters. The normalized spacial score (nSPS) is 13.3. The van der Waals surface area contributed by atoms with Crippen LogP contribution in [0.2, 0.25) is 0 Å². The van der Waals surface area contributed by atoms with E-state index in [2.05, 4.69) is 9.98 Å². The third kappa shape index (κ3) is 6.50. The SMILES string of the molecule is CO/C(N)=C/c1ccc(-c2nc(C(F)F)ccc2/C(C=NCC(C)(C)F)=C/N)cc1N. The minimum absolute atomic E-state index is 0.0862. The number of nitrogens with two attached hydrogens (primary N) is 3. The lowest BCUT2D eigenvalue weighted by atomic mass is 9.98. The fourth-order valence-corrected chi connectivity index (χ4v) is 2.68. The molecule has 9 heteroatoms. The number of ether oxygens (including phenoxy) is 1. The number of aromatic nitrogens is 1. The topological polar surface area (TPSA) is 113 Å². The first kappa shape index (κ1) is 23.8. The average Bonchev–Trinajstić information content (AvgIpc) is 2.71. The smallest absolute Gasteiger partial charge is 0.280 e. The van der Waals surface area contributed by atoms with E-state index >= 15 is 0 Å². The van der Waals surface area contributed by atoms with Crippen LogP contribution in [0, 0.1) is 0 Å². The number of aliphatic imine (C=N–C) groups is 1. The van der Waals surface area contributed by atoms with Crippen LogP contribution in [0.3, 0.4) is 0 Å². The Morgan fingerprint density at radius 1 is 1.26 bits per heavy atom. The zero-order chi connectivity index (χ0) is 23.2. The van der Waals surface area contributed by atoms with Crippen LogP contribution in [0.5, 0.6) is 0 Å². The summed E-state index contributed by atoms with van der Waals surface area (Å²) in [5.41, 5.74) is 18.1. The Balaban J connectivity index is 2.57. The Kier molecular flexibility index (Phi) is 7.68. The Bertz CT molecular complexity index is 1010. The number of halogens is 3. The van der Waals surface area contributed by atoms with Crippen LogP contribution in [0.1, 0.15) is 37.1 Å². The van der Waals surface area contributed by atoms with E-state index < -0.39 is 17.8 Å². The lowest BCUT2D eigenvalue weighted by Gasteiger charge is -2.14. The summed E-state index contributed by atoms with van der Waals surface area (Å²) in [4.78, 5) is 8.19. The van der Waals surface area contributed by atoms with Gasteiger partial charge in [-0.3, -0.25) is 4.99 Å². The maximum atomic E-state index is 13.7. The van der Waals surface area contributed by atoms with E-state index in [9.17, 15) is 13.2 Å². The van der Waals surface area contributed by atoms with Gasteiger partial charge in [-0.05, 0) is 26.0 Å².